The Bertz CT molecular complexity index is 208. The van der Waals surface area contributed by atoms with Gasteiger partial charge in [0.15, 0.2) is 0 Å². The molecule has 0 aromatic heterocycles. The van der Waals surface area contributed by atoms with Crippen LogP contribution in [0.25, 0.3) is 0 Å². The van der Waals surface area contributed by atoms with Crippen LogP contribution in [0.3, 0.4) is 0 Å². The number of carbonyl (C=O) groups excluding carboxylic acids is 1. The lowest BCUT2D eigenvalue weighted by molar-refractivity contribution is -0.147. The minimum Gasteiger partial charge on any atom is -0.466 e. The molecule has 2 atom stereocenters. The Morgan fingerprint density at radius 2 is 2.21 bits per heavy atom. The predicted molar refractivity (Wildman–Crippen MR) is 56.7 cm³/mol. The lowest BCUT2D eigenvalue weighted by Crippen LogP contribution is -2.34. The zero-order valence-corrected chi connectivity index (χ0v) is 9.17. The average Bonchev–Trinajstić information content (AvgIpc) is 2.19. The van der Waals surface area contributed by atoms with Crippen molar-refractivity contribution in [3.8, 4) is 12.3 Å². The van der Waals surface area contributed by atoms with E-state index in [0.29, 0.717) is 13.2 Å². The zero-order chi connectivity index (χ0) is 11.0. The van der Waals surface area contributed by atoms with Gasteiger partial charge in [-0.1, -0.05) is 19.8 Å². The maximum atomic E-state index is 11.2. The van der Waals surface area contributed by atoms with Crippen LogP contribution in [0, 0.1) is 18.3 Å². The summed E-state index contributed by atoms with van der Waals surface area (Å²) in [6.07, 6.45) is 6.14. The second-order valence-electron chi connectivity index (χ2n) is 3.19. The summed E-state index contributed by atoms with van der Waals surface area (Å²) in [6.45, 7) is 6.63. The van der Waals surface area contributed by atoms with E-state index in [-0.39, 0.29) is 17.9 Å². The molecule has 0 amide bonds. The van der Waals surface area contributed by atoms with Crippen LogP contribution in [0.5, 0.6) is 0 Å². The van der Waals surface area contributed by atoms with Gasteiger partial charge in [-0.25, -0.2) is 0 Å². The van der Waals surface area contributed by atoms with E-state index in [1.807, 2.05) is 13.8 Å². The van der Waals surface area contributed by atoms with Crippen LogP contribution in [-0.4, -0.2) is 25.2 Å². The van der Waals surface area contributed by atoms with Gasteiger partial charge in [-0.15, -0.1) is 6.42 Å². The van der Waals surface area contributed by atoms with Gasteiger partial charge >= 0.3 is 5.97 Å². The molecule has 0 aromatic carbocycles. The molecule has 1 N–H and O–H groups in total. The van der Waals surface area contributed by atoms with E-state index in [2.05, 4.69) is 11.2 Å². The van der Waals surface area contributed by atoms with Gasteiger partial charge in [0.2, 0.25) is 0 Å². The summed E-state index contributed by atoms with van der Waals surface area (Å²) in [6, 6.07) is 0.0480. The molecule has 0 aliphatic carbocycles. The van der Waals surface area contributed by atoms with Gasteiger partial charge in [-0.05, 0) is 13.3 Å². The maximum Gasteiger partial charge on any atom is 0.309 e. The van der Waals surface area contributed by atoms with Crippen LogP contribution in [0.2, 0.25) is 0 Å². The molecule has 0 radical (unpaired) electrons. The summed E-state index contributed by atoms with van der Waals surface area (Å²) >= 11 is 0. The Balaban J connectivity index is 3.78. The number of rotatable bonds is 6. The number of esters is 1. The fraction of sp³-hybridized carbons (Fsp3) is 0.727. The molecule has 0 aromatic rings. The smallest absolute Gasteiger partial charge is 0.309 e. The highest BCUT2D eigenvalue weighted by atomic mass is 16.5. The van der Waals surface area contributed by atoms with Crippen LogP contribution in [0.4, 0.5) is 0 Å². The number of carbonyl (C=O) groups is 1. The Morgan fingerprint density at radius 3 is 2.64 bits per heavy atom. The van der Waals surface area contributed by atoms with E-state index < -0.39 is 0 Å². The minimum absolute atomic E-state index is 0.0480. The van der Waals surface area contributed by atoms with Crippen molar-refractivity contribution in [2.45, 2.75) is 33.2 Å². The van der Waals surface area contributed by atoms with Crippen molar-refractivity contribution in [3.05, 3.63) is 0 Å². The summed E-state index contributed by atoms with van der Waals surface area (Å²) < 4.78 is 4.87. The van der Waals surface area contributed by atoms with Crippen molar-refractivity contribution in [1.29, 1.82) is 0 Å². The molecular formula is C11H19NO2. The maximum absolute atomic E-state index is 11.2. The van der Waals surface area contributed by atoms with Gasteiger partial charge in [0.25, 0.3) is 0 Å². The topological polar surface area (TPSA) is 38.3 Å². The van der Waals surface area contributed by atoms with Gasteiger partial charge in [-0.3, -0.25) is 4.79 Å². The highest BCUT2D eigenvalue weighted by Gasteiger charge is 2.14. The second-order valence-corrected chi connectivity index (χ2v) is 3.19. The minimum atomic E-state index is -0.174. The first kappa shape index (κ1) is 13.0. The lowest BCUT2D eigenvalue weighted by Gasteiger charge is -2.14. The Hall–Kier alpha value is -1.01. The third kappa shape index (κ3) is 4.88. The normalized spacial score (nSPS) is 14.1. The van der Waals surface area contributed by atoms with Gasteiger partial charge in [-0.2, -0.15) is 0 Å². The first-order valence-corrected chi connectivity index (χ1v) is 5.01. The van der Waals surface area contributed by atoms with Crippen molar-refractivity contribution >= 4 is 5.97 Å². The summed E-state index contributed by atoms with van der Waals surface area (Å²) in [5.74, 6) is 2.30. The third-order valence-corrected chi connectivity index (χ3v) is 1.97. The number of hydrogen-bond acceptors (Lipinski definition) is 3. The molecule has 2 unspecified atom stereocenters. The molecular weight excluding hydrogens is 178 g/mol. The standard InChI is InChI=1S/C11H19NO2/c1-5-10(6-2)12-8-9(4)11(13)14-7-3/h1,9-10,12H,6-8H2,2-4H3. The van der Waals surface area contributed by atoms with E-state index in [1.165, 1.54) is 0 Å². The monoisotopic (exact) mass is 197 g/mol. The Labute approximate surface area is 86.2 Å². The fourth-order valence-corrected chi connectivity index (χ4v) is 1.01. The van der Waals surface area contributed by atoms with Crippen LogP contribution < -0.4 is 5.32 Å². The molecule has 14 heavy (non-hydrogen) atoms. The van der Waals surface area contributed by atoms with Crippen LogP contribution in [0.15, 0.2) is 0 Å². The Kier molecular flexibility index (Phi) is 6.87. The van der Waals surface area contributed by atoms with E-state index in [1.54, 1.807) is 6.92 Å². The number of terminal acetylenes is 1. The second kappa shape index (κ2) is 7.40. The molecule has 0 bridgehead atoms. The largest absolute Gasteiger partial charge is 0.466 e. The van der Waals surface area contributed by atoms with Gasteiger partial charge < -0.3 is 10.1 Å². The average molecular weight is 197 g/mol. The number of ether oxygens (including phenoxy) is 1. The molecule has 3 nitrogen and oxygen atoms in total. The van der Waals surface area contributed by atoms with Gasteiger partial charge in [0.1, 0.15) is 0 Å². The highest BCUT2D eigenvalue weighted by molar-refractivity contribution is 5.72. The summed E-state index contributed by atoms with van der Waals surface area (Å²) in [4.78, 5) is 11.2. The van der Waals surface area contributed by atoms with Crippen molar-refractivity contribution in [3.63, 3.8) is 0 Å². The SMILES string of the molecule is C#CC(CC)NCC(C)C(=O)OCC. The molecule has 0 heterocycles. The third-order valence-electron chi connectivity index (χ3n) is 1.97. The van der Waals surface area contributed by atoms with Crippen molar-refractivity contribution in [2.75, 3.05) is 13.2 Å². The summed E-state index contributed by atoms with van der Waals surface area (Å²) in [5.41, 5.74) is 0. The van der Waals surface area contributed by atoms with Gasteiger partial charge in [0.05, 0.1) is 18.6 Å². The van der Waals surface area contributed by atoms with Crippen LogP contribution in [-0.2, 0) is 9.53 Å². The van der Waals surface area contributed by atoms with Crippen molar-refractivity contribution in [2.24, 2.45) is 5.92 Å². The van der Waals surface area contributed by atoms with E-state index in [4.69, 9.17) is 11.2 Å². The molecule has 0 aliphatic heterocycles. The molecule has 0 aliphatic rings. The highest BCUT2D eigenvalue weighted by Crippen LogP contribution is 1.98. The van der Waals surface area contributed by atoms with E-state index in [9.17, 15) is 4.79 Å². The fourth-order valence-electron chi connectivity index (χ4n) is 1.01. The Morgan fingerprint density at radius 1 is 1.57 bits per heavy atom. The molecule has 0 fully saturated rings. The lowest BCUT2D eigenvalue weighted by atomic mass is 10.1. The molecule has 0 saturated heterocycles. The first-order chi connectivity index (χ1) is 6.65. The van der Waals surface area contributed by atoms with Crippen molar-refractivity contribution < 1.29 is 9.53 Å². The molecule has 80 valence electrons. The summed E-state index contributed by atoms with van der Waals surface area (Å²) in [5, 5.41) is 3.12. The summed E-state index contributed by atoms with van der Waals surface area (Å²) in [7, 11) is 0. The molecule has 0 saturated carbocycles. The van der Waals surface area contributed by atoms with Crippen LogP contribution in [0.1, 0.15) is 27.2 Å². The molecule has 0 spiro atoms. The molecule has 0 rings (SSSR count). The zero-order valence-electron chi connectivity index (χ0n) is 9.17. The predicted octanol–water partition coefficient (Wildman–Crippen LogP) is 1.19. The first-order valence-electron chi connectivity index (χ1n) is 5.01. The van der Waals surface area contributed by atoms with E-state index >= 15 is 0 Å². The van der Waals surface area contributed by atoms with E-state index in [0.717, 1.165) is 6.42 Å². The number of nitrogens with one attached hydrogen (secondary N) is 1. The van der Waals surface area contributed by atoms with Crippen molar-refractivity contribution in [1.82, 2.24) is 5.32 Å². The quantitative estimate of drug-likeness (QED) is 0.513. The number of hydrogen-bond donors (Lipinski definition) is 1. The van der Waals surface area contributed by atoms with Crippen LogP contribution >= 0.6 is 0 Å². The van der Waals surface area contributed by atoms with Gasteiger partial charge in [0, 0.05) is 6.54 Å². The molecule has 3 heteroatoms.